The van der Waals surface area contributed by atoms with Gasteiger partial charge in [0.1, 0.15) is 0 Å². The molecule has 7 nitrogen and oxygen atoms in total. The minimum atomic E-state index is -3.81. The maximum atomic E-state index is 11.3. The Morgan fingerprint density at radius 2 is 1.61 bits per heavy atom. The topological polar surface area (TPSA) is 115 Å². The Bertz CT molecular complexity index is 501. The Labute approximate surface area is 108 Å². The number of carbonyl (C=O) groups is 1. The van der Waals surface area contributed by atoms with Gasteiger partial charge in [-0.25, -0.2) is 16.8 Å². The van der Waals surface area contributed by atoms with E-state index in [1.54, 1.807) is 6.08 Å². The lowest BCUT2D eigenvalue weighted by atomic mass is 10.2. The first-order valence-electron chi connectivity index (χ1n) is 5.10. The summed E-state index contributed by atoms with van der Waals surface area (Å²) in [6.07, 6.45) is 3.86. The molecule has 1 amide bonds. The molecule has 0 aromatic rings. The van der Waals surface area contributed by atoms with Crippen LogP contribution in [-0.2, 0) is 24.8 Å². The summed E-state index contributed by atoms with van der Waals surface area (Å²) in [5.41, 5.74) is 5.37. The summed E-state index contributed by atoms with van der Waals surface area (Å²) in [7, 11) is -7.61. The van der Waals surface area contributed by atoms with Crippen LogP contribution in [0.5, 0.6) is 0 Å². The van der Waals surface area contributed by atoms with Gasteiger partial charge < -0.3 is 5.73 Å². The number of hydrogen-bond donors (Lipinski definition) is 1. The molecule has 0 fully saturated rings. The van der Waals surface area contributed by atoms with Crippen LogP contribution in [0.2, 0.25) is 0 Å². The van der Waals surface area contributed by atoms with E-state index in [-0.39, 0.29) is 13.0 Å². The molecule has 0 saturated heterocycles. The fraction of sp³-hybridized carbons (Fsp3) is 0.667. The van der Waals surface area contributed by atoms with Crippen LogP contribution in [-0.4, -0.2) is 45.5 Å². The Morgan fingerprint density at radius 1 is 1.17 bits per heavy atom. The first-order valence-corrected chi connectivity index (χ1v) is 8.80. The summed E-state index contributed by atoms with van der Waals surface area (Å²) >= 11 is 0. The number of amides is 1. The molecule has 18 heavy (non-hydrogen) atoms. The van der Waals surface area contributed by atoms with Crippen molar-refractivity contribution >= 4 is 26.0 Å². The van der Waals surface area contributed by atoms with Crippen LogP contribution in [0, 0.1) is 0 Å². The summed E-state index contributed by atoms with van der Waals surface area (Å²) in [6.45, 7) is 1.38. The smallest absolute Gasteiger partial charge is 0.244 e. The van der Waals surface area contributed by atoms with Gasteiger partial charge in [0, 0.05) is 12.1 Å². The number of carbonyl (C=O) groups excluding carboxylic acids is 1. The molecule has 0 aromatic carbocycles. The molecule has 0 aliphatic heterocycles. The first-order chi connectivity index (χ1) is 7.96. The molecule has 106 valence electrons. The molecule has 0 aliphatic carbocycles. The summed E-state index contributed by atoms with van der Waals surface area (Å²) in [6, 6.07) is 0. The molecular weight excluding hydrogens is 280 g/mol. The van der Waals surface area contributed by atoms with E-state index in [1.807, 2.05) is 0 Å². The normalized spacial score (nSPS) is 13.9. The van der Waals surface area contributed by atoms with Gasteiger partial charge in [0.2, 0.25) is 26.0 Å². The number of sulfonamides is 2. The van der Waals surface area contributed by atoms with Gasteiger partial charge in [-0.3, -0.25) is 4.79 Å². The maximum absolute atomic E-state index is 11.3. The van der Waals surface area contributed by atoms with E-state index in [4.69, 9.17) is 5.73 Å². The standard InChI is InChI=1S/C9H18N2O5S2/c1-8(9(10)12)6-4-5-7-11(17(2,13)14)18(3,15)16/h6H,4-5,7H2,1-3H3,(H2,10,12). The lowest BCUT2D eigenvalue weighted by Gasteiger charge is -2.16. The third-order valence-corrected chi connectivity index (χ3v) is 5.59. The van der Waals surface area contributed by atoms with E-state index in [2.05, 4.69) is 0 Å². The minimum absolute atomic E-state index is 0.153. The van der Waals surface area contributed by atoms with Crippen molar-refractivity contribution in [2.24, 2.45) is 5.73 Å². The molecule has 0 aromatic heterocycles. The summed E-state index contributed by atoms with van der Waals surface area (Å²) in [4.78, 5) is 10.7. The van der Waals surface area contributed by atoms with Crippen LogP contribution in [0.3, 0.4) is 0 Å². The zero-order chi connectivity index (χ0) is 14.6. The van der Waals surface area contributed by atoms with Crippen molar-refractivity contribution in [2.45, 2.75) is 19.8 Å². The number of hydrogen-bond acceptors (Lipinski definition) is 5. The van der Waals surface area contributed by atoms with E-state index in [0.29, 0.717) is 15.7 Å². The molecule has 0 rings (SSSR count). The van der Waals surface area contributed by atoms with Gasteiger partial charge in [-0.2, -0.15) is 0 Å². The predicted octanol–water partition coefficient (Wildman–Crippen LogP) is -0.581. The van der Waals surface area contributed by atoms with E-state index in [9.17, 15) is 21.6 Å². The van der Waals surface area contributed by atoms with Crippen molar-refractivity contribution in [3.05, 3.63) is 11.6 Å². The highest BCUT2D eigenvalue weighted by molar-refractivity contribution is 8.03. The second-order valence-corrected chi connectivity index (χ2v) is 7.96. The van der Waals surface area contributed by atoms with Crippen LogP contribution < -0.4 is 5.73 Å². The SMILES string of the molecule is CC(=CCCCN(S(C)(=O)=O)S(C)(=O)=O)C(N)=O. The average molecular weight is 298 g/mol. The summed E-state index contributed by atoms with van der Waals surface area (Å²) in [5.74, 6) is -0.557. The fourth-order valence-electron chi connectivity index (χ4n) is 1.22. The monoisotopic (exact) mass is 298 g/mol. The Balaban J connectivity index is 4.61. The van der Waals surface area contributed by atoms with Crippen molar-refractivity contribution in [3.63, 3.8) is 0 Å². The van der Waals surface area contributed by atoms with Gasteiger partial charge in [-0.15, -0.1) is 0 Å². The number of allylic oxidation sites excluding steroid dienone is 1. The van der Waals surface area contributed by atoms with Crippen molar-refractivity contribution < 1.29 is 21.6 Å². The quantitative estimate of drug-likeness (QED) is 0.499. The second-order valence-electron chi connectivity index (χ2n) is 3.92. The summed E-state index contributed by atoms with van der Waals surface area (Å²) in [5, 5.41) is 0. The van der Waals surface area contributed by atoms with E-state index >= 15 is 0 Å². The molecule has 0 spiro atoms. The highest BCUT2D eigenvalue weighted by Gasteiger charge is 2.25. The molecule has 0 heterocycles. The molecule has 0 saturated carbocycles. The molecule has 0 unspecified atom stereocenters. The Kier molecular flexibility index (Phi) is 5.97. The van der Waals surface area contributed by atoms with Gasteiger partial charge in [0.25, 0.3) is 0 Å². The number of nitrogens with two attached hydrogens (primary N) is 1. The van der Waals surface area contributed by atoms with Crippen LogP contribution in [0.15, 0.2) is 11.6 Å². The molecule has 0 atom stereocenters. The molecule has 0 radical (unpaired) electrons. The van der Waals surface area contributed by atoms with Gasteiger partial charge in [-0.05, 0) is 19.8 Å². The highest BCUT2D eigenvalue weighted by atomic mass is 32.3. The highest BCUT2D eigenvalue weighted by Crippen LogP contribution is 2.08. The van der Waals surface area contributed by atoms with E-state index < -0.39 is 26.0 Å². The number of unbranched alkanes of at least 4 members (excludes halogenated alkanes) is 1. The Hall–Kier alpha value is -0.930. The molecule has 0 bridgehead atoms. The largest absolute Gasteiger partial charge is 0.366 e. The van der Waals surface area contributed by atoms with Crippen molar-refractivity contribution in [1.29, 1.82) is 0 Å². The van der Waals surface area contributed by atoms with Gasteiger partial charge in [0.05, 0.1) is 12.5 Å². The maximum Gasteiger partial charge on any atom is 0.244 e. The van der Waals surface area contributed by atoms with Gasteiger partial charge in [-0.1, -0.05) is 9.79 Å². The molecule has 9 heteroatoms. The lowest BCUT2D eigenvalue weighted by Crippen LogP contribution is -2.35. The third-order valence-electron chi connectivity index (χ3n) is 2.12. The lowest BCUT2D eigenvalue weighted by molar-refractivity contribution is -0.114. The van der Waals surface area contributed by atoms with Crippen LogP contribution in [0.25, 0.3) is 0 Å². The minimum Gasteiger partial charge on any atom is -0.366 e. The second kappa shape index (κ2) is 6.30. The van der Waals surface area contributed by atoms with Crippen LogP contribution >= 0.6 is 0 Å². The van der Waals surface area contributed by atoms with Crippen molar-refractivity contribution in [2.75, 3.05) is 19.1 Å². The van der Waals surface area contributed by atoms with E-state index in [0.717, 1.165) is 12.5 Å². The first kappa shape index (κ1) is 17.1. The van der Waals surface area contributed by atoms with Crippen LogP contribution in [0.1, 0.15) is 19.8 Å². The van der Waals surface area contributed by atoms with Crippen LogP contribution in [0.4, 0.5) is 0 Å². The Morgan fingerprint density at radius 3 is 1.94 bits per heavy atom. The van der Waals surface area contributed by atoms with Gasteiger partial charge >= 0.3 is 0 Å². The molecular formula is C9H18N2O5S2. The van der Waals surface area contributed by atoms with E-state index in [1.165, 1.54) is 6.92 Å². The molecule has 2 N–H and O–H groups in total. The number of primary amides is 1. The predicted molar refractivity (Wildman–Crippen MR) is 68.6 cm³/mol. The zero-order valence-corrected chi connectivity index (χ0v) is 12.2. The van der Waals surface area contributed by atoms with Crippen molar-refractivity contribution in [1.82, 2.24) is 3.71 Å². The number of rotatable bonds is 7. The summed E-state index contributed by atoms with van der Waals surface area (Å²) < 4.78 is 45.5. The molecule has 0 aliphatic rings. The van der Waals surface area contributed by atoms with Gasteiger partial charge in [0.15, 0.2) is 0 Å². The zero-order valence-electron chi connectivity index (χ0n) is 10.6. The average Bonchev–Trinajstić information content (AvgIpc) is 2.12. The number of nitrogens with zero attached hydrogens (tertiary/aromatic N) is 1. The van der Waals surface area contributed by atoms with Crippen molar-refractivity contribution in [3.8, 4) is 0 Å². The fourth-order valence-corrected chi connectivity index (χ4v) is 4.11. The third kappa shape index (κ3) is 6.12.